The molecule has 0 amide bonds. The van der Waals surface area contributed by atoms with Crippen molar-refractivity contribution in [2.75, 3.05) is 0 Å². The van der Waals surface area contributed by atoms with Gasteiger partial charge in [0.15, 0.2) is 0 Å². The van der Waals surface area contributed by atoms with Gasteiger partial charge >= 0.3 is 7.12 Å². The molecule has 3 heteroatoms. The van der Waals surface area contributed by atoms with Gasteiger partial charge in [0.2, 0.25) is 0 Å². The predicted octanol–water partition coefficient (Wildman–Crippen LogP) is 10.2. The van der Waals surface area contributed by atoms with Gasteiger partial charge in [0.1, 0.15) is 0 Å². The second-order valence-electron chi connectivity index (χ2n) is 13.6. The summed E-state index contributed by atoms with van der Waals surface area (Å²) in [5.41, 5.74) is 6.81. The molecular weight excluding hydrogens is 547 g/mol. The van der Waals surface area contributed by atoms with Crippen LogP contribution in [0.25, 0.3) is 54.2 Å². The molecule has 0 bridgehead atoms. The zero-order valence-electron chi connectivity index (χ0n) is 26.6. The second-order valence-corrected chi connectivity index (χ2v) is 13.6. The maximum absolute atomic E-state index is 6.51. The number of rotatable bonds is 4. The summed E-state index contributed by atoms with van der Waals surface area (Å²) in [7, 11) is -0.416. The molecule has 0 radical (unpaired) electrons. The first-order valence-electron chi connectivity index (χ1n) is 16.0. The summed E-state index contributed by atoms with van der Waals surface area (Å²) in [6.07, 6.45) is 0.860. The topological polar surface area (TPSA) is 18.5 Å². The standard InChI is InChI=1S/C42H37BO2/c1-27-32-16-10-9-15-29(32)19-22-33(27)39-30(25-28-13-7-6-8-14-28)20-23-36-34-17-11-12-18-35(34)38-26-31(21-24-37(38)40(36)39)43-44-41(2,3)42(4,5)45-43/h6-24,26H,25H2,1-5H3. The maximum Gasteiger partial charge on any atom is 0.494 e. The van der Waals surface area contributed by atoms with Gasteiger partial charge < -0.3 is 9.31 Å². The Morgan fingerprint density at radius 2 is 1.16 bits per heavy atom. The maximum atomic E-state index is 6.51. The SMILES string of the molecule is Cc1c(-c2c(Cc3ccccc3)ccc3c4ccccc4c4cc(B5OC(C)(C)C(C)(C)O5)ccc4c23)ccc2ccccc12. The largest absolute Gasteiger partial charge is 0.494 e. The van der Waals surface area contributed by atoms with Crippen LogP contribution in [-0.2, 0) is 15.7 Å². The van der Waals surface area contributed by atoms with Crippen molar-refractivity contribution in [2.45, 2.75) is 52.2 Å². The van der Waals surface area contributed by atoms with Gasteiger partial charge in [0, 0.05) is 0 Å². The lowest BCUT2D eigenvalue weighted by Gasteiger charge is -2.32. The molecule has 45 heavy (non-hydrogen) atoms. The van der Waals surface area contributed by atoms with E-state index in [2.05, 4.69) is 156 Å². The highest BCUT2D eigenvalue weighted by Crippen LogP contribution is 2.44. The monoisotopic (exact) mass is 584 g/mol. The highest BCUT2D eigenvalue weighted by Gasteiger charge is 2.51. The van der Waals surface area contributed by atoms with E-state index in [1.807, 2.05) is 0 Å². The average molecular weight is 585 g/mol. The smallest absolute Gasteiger partial charge is 0.399 e. The minimum atomic E-state index is -0.416. The lowest BCUT2D eigenvalue weighted by atomic mass is 9.76. The van der Waals surface area contributed by atoms with Crippen LogP contribution in [-0.4, -0.2) is 18.3 Å². The van der Waals surface area contributed by atoms with Gasteiger partial charge in [-0.1, -0.05) is 121 Å². The van der Waals surface area contributed by atoms with Gasteiger partial charge in [-0.3, -0.25) is 0 Å². The predicted molar refractivity (Wildman–Crippen MR) is 192 cm³/mol. The Labute approximate surface area is 265 Å². The van der Waals surface area contributed by atoms with Gasteiger partial charge in [-0.2, -0.15) is 0 Å². The van der Waals surface area contributed by atoms with E-state index in [0.29, 0.717) is 0 Å². The first-order chi connectivity index (χ1) is 21.7. The van der Waals surface area contributed by atoms with Crippen molar-refractivity contribution in [3.63, 3.8) is 0 Å². The fourth-order valence-corrected chi connectivity index (χ4v) is 7.20. The summed E-state index contributed by atoms with van der Waals surface area (Å²) in [5, 5.41) is 10.1. The molecule has 0 aromatic heterocycles. The van der Waals surface area contributed by atoms with Crippen molar-refractivity contribution in [3.05, 3.63) is 138 Å². The van der Waals surface area contributed by atoms with Gasteiger partial charge in [-0.05, 0) is 117 Å². The summed E-state index contributed by atoms with van der Waals surface area (Å²) in [6.45, 7) is 10.7. The molecule has 0 unspecified atom stereocenters. The van der Waals surface area contributed by atoms with Crippen molar-refractivity contribution in [1.29, 1.82) is 0 Å². The summed E-state index contributed by atoms with van der Waals surface area (Å²) in [6, 6.07) is 44.5. The van der Waals surface area contributed by atoms with E-state index in [-0.39, 0.29) is 0 Å². The van der Waals surface area contributed by atoms with E-state index in [1.54, 1.807) is 0 Å². The Hall–Kier alpha value is -4.44. The summed E-state index contributed by atoms with van der Waals surface area (Å²) >= 11 is 0. The van der Waals surface area contributed by atoms with Gasteiger partial charge in [0.25, 0.3) is 0 Å². The molecule has 0 atom stereocenters. The Balaban J connectivity index is 1.46. The van der Waals surface area contributed by atoms with Gasteiger partial charge in [-0.25, -0.2) is 0 Å². The highest BCUT2D eigenvalue weighted by atomic mass is 16.7. The molecule has 7 aromatic carbocycles. The minimum absolute atomic E-state index is 0.398. The van der Waals surface area contributed by atoms with E-state index in [1.165, 1.54) is 70.9 Å². The van der Waals surface area contributed by atoms with E-state index >= 15 is 0 Å². The molecule has 0 aliphatic carbocycles. The first kappa shape index (κ1) is 28.1. The Bertz CT molecular complexity index is 2250. The normalized spacial score (nSPS) is 15.9. The third-order valence-electron chi connectivity index (χ3n) is 10.3. The molecule has 220 valence electrons. The van der Waals surface area contributed by atoms with Crippen LogP contribution in [0.2, 0.25) is 0 Å². The Morgan fingerprint density at radius 3 is 1.89 bits per heavy atom. The van der Waals surface area contributed by atoms with Gasteiger partial charge in [0.05, 0.1) is 11.2 Å². The average Bonchev–Trinajstić information content (AvgIpc) is 3.28. The minimum Gasteiger partial charge on any atom is -0.399 e. The van der Waals surface area contributed by atoms with Gasteiger partial charge in [-0.15, -0.1) is 0 Å². The molecule has 1 heterocycles. The first-order valence-corrected chi connectivity index (χ1v) is 16.0. The summed E-state index contributed by atoms with van der Waals surface area (Å²) in [4.78, 5) is 0. The van der Waals surface area contributed by atoms with E-state index in [0.717, 1.165) is 11.9 Å². The van der Waals surface area contributed by atoms with E-state index in [4.69, 9.17) is 9.31 Å². The molecule has 1 aliphatic heterocycles. The lowest BCUT2D eigenvalue weighted by Crippen LogP contribution is -2.41. The zero-order valence-corrected chi connectivity index (χ0v) is 26.6. The molecule has 1 aliphatic rings. The Kier molecular flexibility index (Phi) is 6.43. The van der Waals surface area contributed by atoms with Crippen molar-refractivity contribution in [2.24, 2.45) is 0 Å². The molecule has 2 nitrogen and oxygen atoms in total. The summed E-state index contributed by atoms with van der Waals surface area (Å²) < 4.78 is 13.0. The fourth-order valence-electron chi connectivity index (χ4n) is 7.20. The van der Waals surface area contributed by atoms with Crippen LogP contribution >= 0.6 is 0 Å². The van der Waals surface area contributed by atoms with E-state index in [9.17, 15) is 0 Å². The van der Waals surface area contributed by atoms with Crippen molar-refractivity contribution < 1.29 is 9.31 Å². The van der Waals surface area contributed by atoms with Crippen LogP contribution in [0.15, 0.2) is 121 Å². The lowest BCUT2D eigenvalue weighted by molar-refractivity contribution is 0.00578. The molecule has 1 fully saturated rings. The fraction of sp³-hybridized carbons (Fsp3) is 0.190. The van der Waals surface area contributed by atoms with Crippen LogP contribution in [0.1, 0.15) is 44.4 Å². The Morgan fingerprint density at radius 1 is 0.556 bits per heavy atom. The molecule has 0 saturated carbocycles. The van der Waals surface area contributed by atoms with Crippen LogP contribution < -0.4 is 5.46 Å². The molecule has 0 N–H and O–H groups in total. The number of fused-ring (bicyclic) bond motifs is 7. The molecule has 0 spiro atoms. The number of hydrogen-bond donors (Lipinski definition) is 0. The molecule has 8 rings (SSSR count). The van der Waals surface area contributed by atoms with Crippen LogP contribution in [0.4, 0.5) is 0 Å². The molecule has 7 aromatic rings. The quantitative estimate of drug-likeness (QED) is 0.151. The third kappa shape index (κ3) is 4.49. The van der Waals surface area contributed by atoms with Crippen molar-refractivity contribution in [3.8, 4) is 11.1 Å². The zero-order chi connectivity index (χ0) is 30.9. The van der Waals surface area contributed by atoms with Crippen LogP contribution in [0.3, 0.4) is 0 Å². The van der Waals surface area contributed by atoms with Crippen LogP contribution in [0.5, 0.6) is 0 Å². The molecular formula is C42H37BO2. The number of aryl methyl sites for hydroxylation is 1. The second kappa shape index (κ2) is 10.3. The molecule has 1 saturated heterocycles. The number of benzene rings is 7. The van der Waals surface area contributed by atoms with Crippen molar-refractivity contribution >= 4 is 55.7 Å². The summed E-state index contributed by atoms with van der Waals surface area (Å²) in [5.74, 6) is 0. The van der Waals surface area contributed by atoms with E-state index < -0.39 is 18.3 Å². The third-order valence-corrected chi connectivity index (χ3v) is 10.3. The number of hydrogen-bond acceptors (Lipinski definition) is 2. The van der Waals surface area contributed by atoms with Crippen molar-refractivity contribution in [1.82, 2.24) is 0 Å². The highest BCUT2D eigenvalue weighted by molar-refractivity contribution is 6.62. The van der Waals surface area contributed by atoms with Crippen LogP contribution in [0, 0.1) is 6.92 Å².